The van der Waals surface area contributed by atoms with Crippen LogP contribution in [0.2, 0.25) is 0 Å². The summed E-state index contributed by atoms with van der Waals surface area (Å²) in [7, 11) is 3.16. The highest BCUT2D eigenvalue weighted by Crippen LogP contribution is 2.28. The van der Waals surface area contributed by atoms with Crippen molar-refractivity contribution in [3.8, 4) is 22.4 Å². The summed E-state index contributed by atoms with van der Waals surface area (Å²) in [4.78, 5) is 16.1. The summed E-state index contributed by atoms with van der Waals surface area (Å²) in [5.74, 6) is 1.78. The van der Waals surface area contributed by atoms with Crippen molar-refractivity contribution in [2.45, 2.75) is 6.54 Å². The third-order valence-corrected chi connectivity index (χ3v) is 4.49. The van der Waals surface area contributed by atoms with E-state index in [2.05, 4.69) is 10.3 Å². The first-order valence-corrected chi connectivity index (χ1v) is 9.40. The normalized spacial score (nSPS) is 10.6. The molecule has 1 N–H and O–H groups in total. The minimum atomic E-state index is -0.183. The van der Waals surface area contributed by atoms with Crippen LogP contribution >= 0.6 is 11.3 Å². The van der Waals surface area contributed by atoms with Crippen LogP contribution < -0.4 is 19.5 Å². The number of aromatic nitrogens is 1. The zero-order valence-electron chi connectivity index (χ0n) is 15.5. The van der Waals surface area contributed by atoms with Gasteiger partial charge in [-0.15, -0.1) is 0 Å². The average molecular weight is 396 g/mol. The molecule has 0 radical (unpaired) electrons. The molecule has 1 aromatic heterocycles. The number of nitrogens with one attached hydrogen (secondary N) is 1. The van der Waals surface area contributed by atoms with Gasteiger partial charge in [0.15, 0.2) is 11.5 Å². The topological polar surface area (TPSA) is 69.7 Å². The number of thiazole rings is 1. The molecule has 144 valence electrons. The molecular weight excluding hydrogens is 376 g/mol. The zero-order valence-corrected chi connectivity index (χ0v) is 16.4. The van der Waals surface area contributed by atoms with E-state index in [1.54, 1.807) is 32.6 Å². The van der Waals surface area contributed by atoms with E-state index < -0.39 is 0 Å². The van der Waals surface area contributed by atoms with Crippen LogP contribution in [0.4, 0.5) is 0 Å². The lowest BCUT2D eigenvalue weighted by Gasteiger charge is -2.07. The quantitative estimate of drug-likeness (QED) is 0.576. The summed E-state index contributed by atoms with van der Waals surface area (Å²) in [6.07, 6.45) is 4.91. The number of hydrogen-bond acceptors (Lipinski definition) is 6. The molecule has 0 fully saturated rings. The molecular formula is C21H20N2O4S. The maximum atomic E-state index is 12.1. The van der Waals surface area contributed by atoms with Gasteiger partial charge in [-0.05, 0) is 41.5 Å². The highest BCUT2D eigenvalue weighted by atomic mass is 32.1. The lowest BCUT2D eigenvalue weighted by molar-refractivity contribution is -0.116. The van der Waals surface area contributed by atoms with E-state index in [1.807, 2.05) is 41.8 Å². The molecule has 3 rings (SSSR count). The lowest BCUT2D eigenvalue weighted by Crippen LogP contribution is -2.20. The van der Waals surface area contributed by atoms with Crippen LogP contribution in [0.3, 0.4) is 0 Å². The van der Waals surface area contributed by atoms with E-state index in [9.17, 15) is 4.79 Å². The van der Waals surface area contributed by atoms with E-state index in [-0.39, 0.29) is 5.91 Å². The van der Waals surface area contributed by atoms with E-state index in [4.69, 9.17) is 14.2 Å². The average Bonchev–Trinajstić information content (AvgIpc) is 3.24. The van der Waals surface area contributed by atoms with Crippen LogP contribution in [0.15, 0.2) is 60.1 Å². The van der Waals surface area contributed by atoms with Gasteiger partial charge in [-0.3, -0.25) is 4.79 Å². The van der Waals surface area contributed by atoms with Gasteiger partial charge in [0.05, 0.1) is 14.2 Å². The highest BCUT2D eigenvalue weighted by Gasteiger charge is 2.04. The number of carbonyl (C=O) groups excluding carboxylic acids is 1. The van der Waals surface area contributed by atoms with Crippen LogP contribution in [-0.4, -0.2) is 25.1 Å². The molecule has 7 heteroatoms. The number of ether oxygens (including phenoxy) is 3. The SMILES string of the molecule is COc1ccc(/C=C/C(=O)NCc2ccc(Oc3nccs3)cc2)cc1OC. The highest BCUT2D eigenvalue weighted by molar-refractivity contribution is 7.11. The van der Waals surface area contributed by atoms with Gasteiger partial charge in [-0.1, -0.05) is 29.5 Å². The summed E-state index contributed by atoms with van der Waals surface area (Å²) in [5.41, 5.74) is 1.82. The van der Waals surface area contributed by atoms with Gasteiger partial charge in [-0.2, -0.15) is 0 Å². The molecule has 0 aliphatic heterocycles. The molecule has 0 bridgehead atoms. The fourth-order valence-electron chi connectivity index (χ4n) is 2.41. The molecule has 1 amide bonds. The standard InChI is InChI=1S/C21H20N2O4S/c1-25-18-9-5-15(13-19(18)26-2)6-10-20(24)23-14-16-3-7-17(8-4-16)27-21-22-11-12-28-21/h3-13H,14H2,1-2H3,(H,23,24)/b10-6+. The second-order valence-corrected chi connectivity index (χ2v) is 6.57. The number of carbonyl (C=O) groups is 1. The Hall–Kier alpha value is -3.32. The smallest absolute Gasteiger partial charge is 0.278 e. The van der Waals surface area contributed by atoms with Crippen LogP contribution in [0, 0.1) is 0 Å². The Morgan fingerprint density at radius 3 is 2.57 bits per heavy atom. The molecule has 28 heavy (non-hydrogen) atoms. The zero-order chi connectivity index (χ0) is 19.8. The van der Waals surface area contributed by atoms with Crippen LogP contribution in [0.1, 0.15) is 11.1 Å². The Balaban J connectivity index is 1.52. The van der Waals surface area contributed by atoms with Crippen molar-refractivity contribution >= 4 is 23.3 Å². The molecule has 2 aromatic carbocycles. The fraction of sp³-hybridized carbons (Fsp3) is 0.143. The van der Waals surface area contributed by atoms with Gasteiger partial charge in [0.1, 0.15) is 5.75 Å². The van der Waals surface area contributed by atoms with Gasteiger partial charge in [-0.25, -0.2) is 4.98 Å². The van der Waals surface area contributed by atoms with Crippen molar-refractivity contribution in [2.75, 3.05) is 14.2 Å². The molecule has 0 aliphatic carbocycles. The van der Waals surface area contributed by atoms with E-state index in [0.717, 1.165) is 11.1 Å². The Morgan fingerprint density at radius 1 is 1.11 bits per heavy atom. The van der Waals surface area contributed by atoms with Gasteiger partial charge < -0.3 is 19.5 Å². The minimum absolute atomic E-state index is 0.183. The summed E-state index contributed by atoms with van der Waals surface area (Å²) in [5, 5.41) is 5.31. The molecule has 0 atom stereocenters. The number of methoxy groups -OCH3 is 2. The first-order chi connectivity index (χ1) is 13.7. The largest absolute Gasteiger partial charge is 0.493 e. The second kappa shape index (κ2) is 9.57. The van der Waals surface area contributed by atoms with Crippen molar-refractivity contribution in [1.29, 1.82) is 0 Å². The van der Waals surface area contributed by atoms with Gasteiger partial charge in [0.25, 0.3) is 5.19 Å². The van der Waals surface area contributed by atoms with Crippen molar-refractivity contribution in [3.63, 3.8) is 0 Å². The second-order valence-electron chi connectivity index (χ2n) is 5.71. The van der Waals surface area contributed by atoms with E-state index in [0.29, 0.717) is 29.0 Å². The third-order valence-electron chi connectivity index (χ3n) is 3.84. The van der Waals surface area contributed by atoms with Crippen LogP contribution in [-0.2, 0) is 11.3 Å². The van der Waals surface area contributed by atoms with Gasteiger partial charge >= 0.3 is 0 Å². The predicted molar refractivity (Wildman–Crippen MR) is 109 cm³/mol. The third kappa shape index (κ3) is 5.34. The predicted octanol–water partition coefficient (Wildman–Crippen LogP) is 4.28. The molecule has 0 saturated carbocycles. The Bertz CT molecular complexity index is 938. The summed E-state index contributed by atoms with van der Waals surface area (Å²) in [6.45, 7) is 0.423. The molecule has 0 saturated heterocycles. The molecule has 3 aromatic rings. The van der Waals surface area contributed by atoms with Crippen molar-refractivity contribution < 1.29 is 19.0 Å². The van der Waals surface area contributed by atoms with Gasteiger partial charge in [0.2, 0.25) is 5.91 Å². The van der Waals surface area contributed by atoms with Crippen LogP contribution in [0.25, 0.3) is 6.08 Å². The minimum Gasteiger partial charge on any atom is -0.493 e. The fourth-order valence-corrected chi connectivity index (χ4v) is 2.92. The summed E-state index contributed by atoms with van der Waals surface area (Å²) in [6, 6.07) is 13.0. The number of benzene rings is 2. The molecule has 0 unspecified atom stereocenters. The van der Waals surface area contributed by atoms with Crippen molar-refractivity contribution in [2.24, 2.45) is 0 Å². The number of hydrogen-bond donors (Lipinski definition) is 1. The molecule has 0 aliphatic rings. The molecule has 0 spiro atoms. The number of rotatable bonds is 8. The lowest BCUT2D eigenvalue weighted by atomic mass is 10.2. The first kappa shape index (κ1) is 19.4. The Labute approximate surface area is 167 Å². The van der Waals surface area contributed by atoms with Crippen LogP contribution in [0.5, 0.6) is 22.4 Å². The van der Waals surface area contributed by atoms with Crippen molar-refractivity contribution in [3.05, 3.63) is 71.2 Å². The van der Waals surface area contributed by atoms with Crippen molar-refractivity contribution in [1.82, 2.24) is 10.3 Å². The first-order valence-electron chi connectivity index (χ1n) is 8.52. The number of amides is 1. The maximum Gasteiger partial charge on any atom is 0.278 e. The monoisotopic (exact) mass is 396 g/mol. The Morgan fingerprint density at radius 2 is 1.89 bits per heavy atom. The van der Waals surface area contributed by atoms with E-state index in [1.165, 1.54) is 17.4 Å². The summed E-state index contributed by atoms with van der Waals surface area (Å²) < 4.78 is 16.1. The maximum absolute atomic E-state index is 12.1. The molecule has 1 heterocycles. The molecule has 6 nitrogen and oxygen atoms in total. The van der Waals surface area contributed by atoms with E-state index >= 15 is 0 Å². The Kier molecular flexibility index (Phi) is 6.64. The van der Waals surface area contributed by atoms with Gasteiger partial charge in [0, 0.05) is 24.2 Å². The summed E-state index contributed by atoms with van der Waals surface area (Å²) >= 11 is 1.43. The number of nitrogens with zero attached hydrogens (tertiary/aromatic N) is 1.